The Kier molecular flexibility index (Phi) is 7.16. The SMILES string of the molecule is c1ccc(-c2c3ccccc3nc3c2ccc2ccc(-c4ccc5ccc(-c6ccc7ccc8c(-c9ccccc9)c9ccccc9nc8c7n6)nc5c4)nc23)cc1. The molecule has 0 unspecified atom stereocenters. The summed E-state index contributed by atoms with van der Waals surface area (Å²) >= 11 is 0. The van der Waals surface area contributed by atoms with E-state index in [0.29, 0.717) is 0 Å². The van der Waals surface area contributed by atoms with Crippen molar-refractivity contribution in [2.75, 3.05) is 0 Å². The van der Waals surface area contributed by atoms with Crippen LogP contribution < -0.4 is 0 Å². The minimum Gasteiger partial charge on any atom is -0.246 e. The van der Waals surface area contributed by atoms with Gasteiger partial charge in [0, 0.05) is 54.4 Å². The van der Waals surface area contributed by atoms with E-state index in [9.17, 15) is 0 Å². The van der Waals surface area contributed by atoms with Gasteiger partial charge in [0.15, 0.2) is 0 Å². The smallest absolute Gasteiger partial charge is 0.0978 e. The Morgan fingerprint density at radius 1 is 0.241 bits per heavy atom. The maximum absolute atomic E-state index is 5.31. The zero-order valence-electron chi connectivity index (χ0n) is 31.1. The highest BCUT2D eigenvalue weighted by Crippen LogP contribution is 2.39. The summed E-state index contributed by atoms with van der Waals surface area (Å²) in [5.41, 5.74) is 14.4. The molecule has 0 aliphatic rings. The topological polar surface area (TPSA) is 64.5 Å². The molecule has 0 aliphatic heterocycles. The number of nitrogens with zero attached hydrogens (tertiary/aromatic N) is 5. The molecule has 0 bridgehead atoms. The van der Waals surface area contributed by atoms with Gasteiger partial charge in [-0.1, -0.05) is 152 Å². The predicted molar refractivity (Wildman–Crippen MR) is 240 cm³/mol. The monoisotopic (exact) mass is 737 g/mol. The molecule has 0 amide bonds. The zero-order chi connectivity index (χ0) is 38.2. The lowest BCUT2D eigenvalue weighted by atomic mass is 9.95. The van der Waals surface area contributed by atoms with Crippen molar-refractivity contribution in [3.63, 3.8) is 0 Å². The van der Waals surface area contributed by atoms with Crippen molar-refractivity contribution >= 4 is 76.3 Å². The minimum atomic E-state index is 0.798. The molecule has 7 aromatic carbocycles. The molecule has 5 nitrogen and oxygen atoms in total. The van der Waals surface area contributed by atoms with Gasteiger partial charge >= 0.3 is 0 Å². The van der Waals surface area contributed by atoms with Crippen molar-refractivity contribution in [3.8, 4) is 44.9 Å². The Morgan fingerprint density at radius 2 is 0.690 bits per heavy atom. The van der Waals surface area contributed by atoms with E-state index < -0.39 is 0 Å². The van der Waals surface area contributed by atoms with Crippen molar-refractivity contribution in [3.05, 3.63) is 188 Å². The van der Waals surface area contributed by atoms with Crippen LogP contribution in [0.15, 0.2) is 188 Å². The highest BCUT2D eigenvalue weighted by molar-refractivity contribution is 6.17. The summed E-state index contributed by atoms with van der Waals surface area (Å²) in [6.45, 7) is 0. The first-order valence-electron chi connectivity index (χ1n) is 19.5. The van der Waals surface area contributed by atoms with Crippen molar-refractivity contribution in [2.24, 2.45) is 0 Å². The van der Waals surface area contributed by atoms with Crippen LogP contribution in [-0.4, -0.2) is 24.9 Å². The van der Waals surface area contributed by atoms with Crippen molar-refractivity contribution in [1.29, 1.82) is 0 Å². The van der Waals surface area contributed by atoms with Crippen LogP contribution in [0.25, 0.3) is 121 Å². The van der Waals surface area contributed by atoms with E-state index >= 15 is 0 Å². The second-order valence-corrected chi connectivity index (χ2v) is 14.8. The molecular weight excluding hydrogens is 707 g/mol. The number of fused-ring (bicyclic) bond motifs is 9. The van der Waals surface area contributed by atoms with E-state index in [4.69, 9.17) is 24.9 Å². The molecular formula is C53H31N5. The van der Waals surface area contributed by atoms with Gasteiger partial charge in [0.05, 0.1) is 55.7 Å². The van der Waals surface area contributed by atoms with Crippen LogP contribution in [0.4, 0.5) is 0 Å². The number of pyridine rings is 5. The number of hydrogen-bond acceptors (Lipinski definition) is 5. The number of rotatable bonds is 4. The Balaban J connectivity index is 0.994. The second kappa shape index (κ2) is 12.8. The summed E-state index contributed by atoms with van der Waals surface area (Å²) in [5, 5.41) is 7.55. The zero-order valence-corrected chi connectivity index (χ0v) is 31.1. The van der Waals surface area contributed by atoms with Crippen molar-refractivity contribution in [1.82, 2.24) is 24.9 Å². The maximum Gasteiger partial charge on any atom is 0.0978 e. The van der Waals surface area contributed by atoms with Crippen LogP contribution in [0, 0.1) is 0 Å². The van der Waals surface area contributed by atoms with Crippen LogP contribution >= 0.6 is 0 Å². The maximum atomic E-state index is 5.31. The summed E-state index contributed by atoms with van der Waals surface area (Å²) in [7, 11) is 0. The summed E-state index contributed by atoms with van der Waals surface area (Å²) in [5.74, 6) is 0. The van der Waals surface area contributed by atoms with Crippen LogP contribution in [0.3, 0.4) is 0 Å². The summed E-state index contributed by atoms with van der Waals surface area (Å²) in [6.07, 6.45) is 0. The van der Waals surface area contributed by atoms with Gasteiger partial charge in [-0.2, -0.15) is 0 Å². The normalized spacial score (nSPS) is 11.8. The van der Waals surface area contributed by atoms with Crippen LogP contribution in [-0.2, 0) is 0 Å². The second-order valence-electron chi connectivity index (χ2n) is 14.8. The van der Waals surface area contributed by atoms with E-state index in [0.717, 1.165) is 110 Å². The highest BCUT2D eigenvalue weighted by atomic mass is 14.8. The largest absolute Gasteiger partial charge is 0.246 e. The molecule has 268 valence electrons. The molecule has 0 N–H and O–H groups in total. The van der Waals surface area contributed by atoms with Crippen LogP contribution in [0.2, 0.25) is 0 Å². The highest BCUT2D eigenvalue weighted by Gasteiger charge is 2.17. The molecule has 12 aromatic rings. The molecule has 0 spiro atoms. The molecule has 5 heterocycles. The molecule has 0 fully saturated rings. The van der Waals surface area contributed by atoms with E-state index in [-0.39, 0.29) is 0 Å². The van der Waals surface area contributed by atoms with E-state index in [1.54, 1.807) is 0 Å². The third kappa shape index (κ3) is 5.14. The third-order valence-electron chi connectivity index (χ3n) is 11.4. The van der Waals surface area contributed by atoms with Gasteiger partial charge in [-0.05, 0) is 47.5 Å². The fourth-order valence-corrected chi connectivity index (χ4v) is 8.63. The average molecular weight is 738 g/mol. The minimum absolute atomic E-state index is 0.798. The Morgan fingerprint density at radius 3 is 1.28 bits per heavy atom. The first-order valence-corrected chi connectivity index (χ1v) is 19.5. The standard InChI is InChI=1S/C53H31N5/c1-3-11-33(12-4-1)48-38-15-7-9-17-43(38)56-52-40(48)26-21-35-24-28-42(55-50(35)52)37-20-19-32-23-29-45(54-47(32)31-37)46-30-25-36-22-27-41-49(34-13-5-2-6-14-34)39-16-8-10-18-44(39)57-53(41)51(36)58-46/h1-31H. The first-order chi connectivity index (χ1) is 28.7. The Labute approximate surface area is 333 Å². The molecule has 5 heteroatoms. The molecule has 0 radical (unpaired) electrons. The van der Waals surface area contributed by atoms with Crippen molar-refractivity contribution in [2.45, 2.75) is 0 Å². The van der Waals surface area contributed by atoms with Gasteiger partial charge in [-0.25, -0.2) is 24.9 Å². The fraction of sp³-hybridized carbons (Fsp3) is 0. The molecule has 5 aromatic heterocycles. The summed E-state index contributed by atoms with van der Waals surface area (Å²) in [4.78, 5) is 26.2. The van der Waals surface area contributed by atoms with Crippen LogP contribution in [0.5, 0.6) is 0 Å². The molecule has 12 rings (SSSR count). The van der Waals surface area contributed by atoms with Gasteiger partial charge in [-0.3, -0.25) is 0 Å². The Hall–Kier alpha value is -7.89. The van der Waals surface area contributed by atoms with E-state index in [1.807, 2.05) is 12.1 Å². The van der Waals surface area contributed by atoms with Gasteiger partial charge in [0.25, 0.3) is 0 Å². The Bertz CT molecular complexity index is 3380. The lowest BCUT2D eigenvalue weighted by Crippen LogP contribution is -1.94. The number of hydrogen-bond donors (Lipinski definition) is 0. The molecule has 0 saturated carbocycles. The van der Waals surface area contributed by atoms with Gasteiger partial charge < -0.3 is 0 Å². The lowest BCUT2D eigenvalue weighted by molar-refractivity contribution is 1.32. The predicted octanol–water partition coefficient (Wildman–Crippen LogP) is 13.4. The van der Waals surface area contributed by atoms with Gasteiger partial charge in [0.2, 0.25) is 0 Å². The number of aromatic nitrogens is 5. The van der Waals surface area contributed by atoms with Crippen molar-refractivity contribution < 1.29 is 0 Å². The average Bonchev–Trinajstić information content (AvgIpc) is 3.29. The molecule has 0 aliphatic carbocycles. The first kappa shape index (κ1) is 32.4. The van der Waals surface area contributed by atoms with Gasteiger partial charge in [0.1, 0.15) is 0 Å². The third-order valence-corrected chi connectivity index (χ3v) is 11.4. The summed E-state index contributed by atoms with van der Waals surface area (Å²) < 4.78 is 0. The van der Waals surface area contributed by atoms with E-state index in [1.165, 1.54) is 11.1 Å². The lowest BCUT2D eigenvalue weighted by Gasteiger charge is -2.13. The molecule has 0 atom stereocenters. The quantitative estimate of drug-likeness (QED) is 0.133. The molecule has 0 saturated heterocycles. The number of para-hydroxylation sites is 2. The summed E-state index contributed by atoms with van der Waals surface area (Å²) in [6, 6.07) is 65.5. The fourth-order valence-electron chi connectivity index (χ4n) is 8.63. The number of benzene rings is 7. The van der Waals surface area contributed by atoms with Crippen LogP contribution in [0.1, 0.15) is 0 Å². The molecule has 58 heavy (non-hydrogen) atoms. The van der Waals surface area contributed by atoms with Gasteiger partial charge in [-0.15, -0.1) is 0 Å². The van der Waals surface area contributed by atoms with E-state index in [2.05, 4.69) is 176 Å².